The third-order valence-electron chi connectivity index (χ3n) is 4.10. The summed E-state index contributed by atoms with van der Waals surface area (Å²) in [4.78, 5) is 23.4. The van der Waals surface area contributed by atoms with Crippen LogP contribution in [-0.4, -0.2) is 37.8 Å². The standard InChI is InChI=1S/C23H22N2O6/c1-4-5-16-10-15(12-20(30-3)22(16)31-14-21(26)27)11-17(13-24)23(28)25-18-6-8-19(29-2)9-7-18/h4,6-12H,1,5,14H2,2-3H3,(H,25,28)(H,26,27)/b17-11-. The van der Waals surface area contributed by atoms with Crippen LogP contribution in [0.15, 0.2) is 54.6 Å². The van der Waals surface area contributed by atoms with E-state index in [9.17, 15) is 14.9 Å². The molecule has 0 aliphatic heterocycles. The van der Waals surface area contributed by atoms with Crippen molar-refractivity contribution in [2.24, 2.45) is 0 Å². The Hall–Kier alpha value is -4.25. The summed E-state index contributed by atoms with van der Waals surface area (Å²) in [6, 6.07) is 11.8. The van der Waals surface area contributed by atoms with Gasteiger partial charge in [0.1, 0.15) is 17.4 Å². The van der Waals surface area contributed by atoms with Gasteiger partial charge in [-0.25, -0.2) is 4.79 Å². The van der Waals surface area contributed by atoms with Crippen LogP contribution in [0.2, 0.25) is 0 Å². The van der Waals surface area contributed by atoms with Gasteiger partial charge in [0.25, 0.3) is 5.91 Å². The van der Waals surface area contributed by atoms with Crippen LogP contribution in [0.4, 0.5) is 5.69 Å². The normalized spacial score (nSPS) is 10.5. The van der Waals surface area contributed by atoms with E-state index in [-0.39, 0.29) is 17.1 Å². The molecular weight excluding hydrogens is 400 g/mol. The van der Waals surface area contributed by atoms with Crippen LogP contribution in [0, 0.1) is 11.3 Å². The SMILES string of the molecule is C=CCc1cc(/C=C(/C#N)C(=O)Nc2ccc(OC)cc2)cc(OC)c1OCC(=O)O. The first-order valence-corrected chi connectivity index (χ1v) is 9.15. The second-order valence-corrected chi connectivity index (χ2v) is 6.24. The van der Waals surface area contributed by atoms with E-state index in [1.165, 1.54) is 20.3 Å². The van der Waals surface area contributed by atoms with Crippen molar-refractivity contribution < 1.29 is 28.9 Å². The molecule has 0 atom stereocenters. The van der Waals surface area contributed by atoms with Crippen molar-refractivity contribution in [1.29, 1.82) is 5.26 Å². The molecule has 2 aromatic rings. The summed E-state index contributed by atoms with van der Waals surface area (Å²) < 4.78 is 15.8. The van der Waals surface area contributed by atoms with Crippen molar-refractivity contribution >= 4 is 23.6 Å². The fourth-order valence-electron chi connectivity index (χ4n) is 2.71. The highest BCUT2D eigenvalue weighted by atomic mass is 16.5. The molecule has 0 saturated carbocycles. The van der Waals surface area contributed by atoms with Crippen molar-refractivity contribution in [1.82, 2.24) is 0 Å². The topological polar surface area (TPSA) is 118 Å². The number of ether oxygens (including phenoxy) is 3. The zero-order valence-electron chi connectivity index (χ0n) is 17.2. The monoisotopic (exact) mass is 422 g/mol. The smallest absolute Gasteiger partial charge is 0.341 e. The zero-order chi connectivity index (χ0) is 22.8. The van der Waals surface area contributed by atoms with Crippen LogP contribution >= 0.6 is 0 Å². The highest BCUT2D eigenvalue weighted by molar-refractivity contribution is 6.09. The molecule has 2 N–H and O–H groups in total. The number of carbonyl (C=O) groups excluding carboxylic acids is 1. The van der Waals surface area contributed by atoms with Gasteiger partial charge in [0.15, 0.2) is 18.1 Å². The second kappa shape index (κ2) is 11.1. The lowest BCUT2D eigenvalue weighted by molar-refractivity contribution is -0.139. The van der Waals surface area contributed by atoms with E-state index < -0.39 is 18.5 Å². The molecule has 8 nitrogen and oxygen atoms in total. The van der Waals surface area contributed by atoms with Gasteiger partial charge in [-0.3, -0.25) is 4.79 Å². The average molecular weight is 422 g/mol. The average Bonchev–Trinajstić information content (AvgIpc) is 2.76. The van der Waals surface area contributed by atoms with Gasteiger partial charge in [0.05, 0.1) is 14.2 Å². The summed E-state index contributed by atoms with van der Waals surface area (Å²) in [6.07, 6.45) is 3.40. The highest BCUT2D eigenvalue weighted by Crippen LogP contribution is 2.34. The molecule has 0 aliphatic carbocycles. The third-order valence-corrected chi connectivity index (χ3v) is 4.10. The van der Waals surface area contributed by atoms with Gasteiger partial charge in [-0.2, -0.15) is 5.26 Å². The predicted molar refractivity (Wildman–Crippen MR) is 115 cm³/mol. The quantitative estimate of drug-likeness (QED) is 0.342. The molecule has 0 saturated heterocycles. The van der Waals surface area contributed by atoms with Gasteiger partial charge in [0, 0.05) is 11.3 Å². The third kappa shape index (κ3) is 6.37. The van der Waals surface area contributed by atoms with Crippen LogP contribution in [0.5, 0.6) is 17.2 Å². The number of carboxylic acid groups (broad SMARTS) is 1. The van der Waals surface area contributed by atoms with E-state index in [4.69, 9.17) is 19.3 Å². The number of carboxylic acids is 1. The van der Waals surface area contributed by atoms with Crippen LogP contribution in [0.3, 0.4) is 0 Å². The highest BCUT2D eigenvalue weighted by Gasteiger charge is 2.15. The molecule has 0 heterocycles. The number of hydrogen-bond acceptors (Lipinski definition) is 6. The van der Waals surface area contributed by atoms with Crippen molar-refractivity contribution in [2.45, 2.75) is 6.42 Å². The number of aliphatic carboxylic acids is 1. The fourth-order valence-corrected chi connectivity index (χ4v) is 2.71. The lowest BCUT2D eigenvalue weighted by Gasteiger charge is -2.15. The molecule has 31 heavy (non-hydrogen) atoms. The molecule has 0 aromatic heterocycles. The Balaban J connectivity index is 2.35. The van der Waals surface area contributed by atoms with Gasteiger partial charge in [-0.1, -0.05) is 6.08 Å². The van der Waals surface area contributed by atoms with Crippen molar-refractivity contribution in [3.8, 4) is 23.3 Å². The molecular formula is C23H22N2O6. The number of nitrogens with zero attached hydrogens (tertiary/aromatic N) is 1. The molecule has 0 radical (unpaired) electrons. The molecule has 0 bridgehead atoms. The largest absolute Gasteiger partial charge is 0.497 e. The minimum atomic E-state index is -1.13. The summed E-state index contributed by atoms with van der Waals surface area (Å²) in [5.74, 6) is -0.524. The summed E-state index contributed by atoms with van der Waals surface area (Å²) >= 11 is 0. The molecule has 1 amide bonds. The number of hydrogen-bond donors (Lipinski definition) is 2. The number of benzene rings is 2. The summed E-state index contributed by atoms with van der Waals surface area (Å²) in [5.41, 5.74) is 1.50. The van der Waals surface area contributed by atoms with Gasteiger partial charge in [0.2, 0.25) is 0 Å². The molecule has 0 aliphatic rings. The van der Waals surface area contributed by atoms with Crippen molar-refractivity contribution in [3.05, 3.63) is 65.8 Å². The number of methoxy groups -OCH3 is 2. The Morgan fingerprint density at radius 3 is 2.45 bits per heavy atom. The number of carbonyl (C=O) groups is 2. The molecule has 160 valence electrons. The number of nitriles is 1. The van der Waals surface area contributed by atoms with E-state index in [0.29, 0.717) is 29.0 Å². The van der Waals surface area contributed by atoms with Gasteiger partial charge >= 0.3 is 5.97 Å². The van der Waals surface area contributed by atoms with Gasteiger partial charge in [-0.15, -0.1) is 6.58 Å². The first kappa shape index (κ1) is 23.0. The van der Waals surface area contributed by atoms with E-state index in [2.05, 4.69) is 11.9 Å². The maximum Gasteiger partial charge on any atom is 0.341 e. The summed E-state index contributed by atoms with van der Waals surface area (Å²) in [6.45, 7) is 3.15. The number of allylic oxidation sites excluding steroid dienone is 1. The Morgan fingerprint density at radius 2 is 1.90 bits per heavy atom. The molecule has 8 heteroatoms. The first-order chi connectivity index (χ1) is 14.9. The van der Waals surface area contributed by atoms with Crippen molar-refractivity contribution in [3.63, 3.8) is 0 Å². The number of nitrogens with one attached hydrogen (secondary N) is 1. The molecule has 0 spiro atoms. The van der Waals surface area contributed by atoms with Gasteiger partial charge < -0.3 is 24.6 Å². The number of anilines is 1. The molecule has 2 aromatic carbocycles. The summed E-state index contributed by atoms with van der Waals surface area (Å²) in [7, 11) is 2.95. The molecule has 0 fully saturated rings. The minimum absolute atomic E-state index is 0.123. The van der Waals surface area contributed by atoms with Crippen molar-refractivity contribution in [2.75, 3.05) is 26.1 Å². The van der Waals surface area contributed by atoms with E-state index >= 15 is 0 Å². The number of amides is 1. The van der Waals surface area contributed by atoms with Gasteiger partial charge in [-0.05, 0) is 54.5 Å². The lowest BCUT2D eigenvalue weighted by atomic mass is 10.0. The van der Waals surface area contributed by atoms with Crippen LogP contribution in [-0.2, 0) is 16.0 Å². The lowest BCUT2D eigenvalue weighted by Crippen LogP contribution is -2.13. The van der Waals surface area contributed by atoms with Crippen LogP contribution in [0.25, 0.3) is 6.08 Å². The van der Waals surface area contributed by atoms with Crippen LogP contribution < -0.4 is 19.5 Å². The Kier molecular flexibility index (Phi) is 8.22. The zero-order valence-corrected chi connectivity index (χ0v) is 17.2. The van der Waals surface area contributed by atoms with Crippen LogP contribution in [0.1, 0.15) is 11.1 Å². The predicted octanol–water partition coefficient (Wildman–Crippen LogP) is 3.44. The Labute approximate surface area is 180 Å². The Bertz CT molecular complexity index is 1040. The number of rotatable bonds is 10. The first-order valence-electron chi connectivity index (χ1n) is 9.15. The second-order valence-electron chi connectivity index (χ2n) is 6.24. The maximum absolute atomic E-state index is 12.5. The van der Waals surface area contributed by atoms with E-state index in [1.54, 1.807) is 42.5 Å². The molecule has 0 unspecified atom stereocenters. The van der Waals surface area contributed by atoms with E-state index in [1.807, 2.05) is 6.07 Å². The molecule has 2 rings (SSSR count). The summed E-state index contributed by atoms with van der Waals surface area (Å²) in [5, 5.41) is 21.0. The maximum atomic E-state index is 12.5. The minimum Gasteiger partial charge on any atom is -0.497 e. The van der Waals surface area contributed by atoms with E-state index in [0.717, 1.165) is 0 Å². The Morgan fingerprint density at radius 1 is 1.19 bits per heavy atom. The fraction of sp³-hybridized carbons (Fsp3) is 0.174.